The molecule has 5 rings (SSSR count). The first-order valence-corrected chi connectivity index (χ1v) is 12.9. The van der Waals surface area contributed by atoms with Gasteiger partial charge in [0.15, 0.2) is 0 Å². The fourth-order valence-electron chi connectivity index (χ4n) is 4.64. The standard InChI is InChI=1S/C29H28F2N4O6/c1-29(2,3)41-28(38)34-16-23-25(27(34)37)21(15-22(35(23)39)24-19(30)5-4-6-20(24)31)32-18-9-7-17(8-10-18)26(36)33-11-13-40-14-12-33/h4-10,15,39H,11-14,16H2,1-3H3. The number of nitrogens with zero attached hydrogens (tertiary/aromatic N) is 4. The molecule has 1 saturated heterocycles. The molecule has 2 aliphatic heterocycles. The molecule has 2 aliphatic rings. The average molecular weight is 567 g/mol. The minimum atomic E-state index is -0.950. The number of benzene rings is 2. The molecule has 3 aromatic rings. The maximum absolute atomic E-state index is 14.8. The fourth-order valence-corrected chi connectivity index (χ4v) is 4.64. The van der Waals surface area contributed by atoms with Crippen LogP contribution in [0.25, 0.3) is 11.3 Å². The third-order valence-corrected chi connectivity index (χ3v) is 6.56. The summed E-state index contributed by atoms with van der Waals surface area (Å²) in [4.78, 5) is 46.0. The minimum absolute atomic E-state index is 0.0359. The van der Waals surface area contributed by atoms with Gasteiger partial charge in [0.1, 0.15) is 17.2 Å². The Morgan fingerprint density at radius 3 is 2.24 bits per heavy atom. The third-order valence-electron chi connectivity index (χ3n) is 6.56. The van der Waals surface area contributed by atoms with E-state index in [1.807, 2.05) is 0 Å². The molecule has 0 aliphatic carbocycles. The minimum Gasteiger partial charge on any atom is -0.443 e. The highest BCUT2D eigenvalue weighted by Gasteiger charge is 2.39. The predicted octanol–water partition coefficient (Wildman–Crippen LogP) is 4.27. The Labute approximate surface area is 234 Å². The number of halogens is 2. The van der Waals surface area contributed by atoms with Crippen LogP contribution in [0.1, 0.15) is 47.2 Å². The third kappa shape index (κ3) is 5.55. The van der Waals surface area contributed by atoms with Crippen molar-refractivity contribution in [2.75, 3.05) is 26.3 Å². The van der Waals surface area contributed by atoms with Crippen molar-refractivity contribution in [3.8, 4) is 11.3 Å². The number of fused-ring (bicyclic) bond motifs is 1. The predicted molar refractivity (Wildman–Crippen MR) is 141 cm³/mol. The van der Waals surface area contributed by atoms with E-state index in [9.17, 15) is 28.4 Å². The maximum Gasteiger partial charge on any atom is 0.417 e. The highest BCUT2D eigenvalue weighted by atomic mass is 19.1. The Morgan fingerprint density at radius 1 is 1.00 bits per heavy atom. The highest BCUT2D eigenvalue weighted by molar-refractivity contribution is 6.06. The smallest absolute Gasteiger partial charge is 0.417 e. The van der Waals surface area contributed by atoms with Crippen molar-refractivity contribution in [3.05, 3.63) is 82.3 Å². The van der Waals surface area contributed by atoms with E-state index >= 15 is 0 Å². The molecule has 1 N–H and O–H groups in total. The fraction of sp³-hybridized carbons (Fsp3) is 0.310. The summed E-state index contributed by atoms with van der Waals surface area (Å²) in [6, 6.07) is 10.7. The Hall–Kier alpha value is -4.58. The van der Waals surface area contributed by atoms with Crippen LogP contribution in [0, 0.1) is 11.6 Å². The molecule has 10 nitrogen and oxygen atoms in total. The monoisotopic (exact) mass is 566 g/mol. The van der Waals surface area contributed by atoms with E-state index < -0.39 is 41.3 Å². The van der Waals surface area contributed by atoms with Crippen molar-refractivity contribution >= 4 is 23.6 Å². The Balaban J connectivity index is 1.61. The van der Waals surface area contributed by atoms with Crippen molar-refractivity contribution in [2.24, 2.45) is 4.99 Å². The van der Waals surface area contributed by atoms with Crippen LogP contribution in [0.3, 0.4) is 0 Å². The SMILES string of the molecule is CC(C)(C)OC(=O)N1Cc2c(c(=Nc3ccc(C(=O)N4CCOCC4)cc3)cc(-c3c(F)cccc3F)n2O)C1=O. The second kappa shape index (κ2) is 10.8. The number of rotatable bonds is 3. The van der Waals surface area contributed by atoms with Gasteiger partial charge in [0.25, 0.3) is 11.8 Å². The van der Waals surface area contributed by atoms with Crippen LogP contribution >= 0.6 is 0 Å². The van der Waals surface area contributed by atoms with Crippen LogP contribution in [0.5, 0.6) is 0 Å². The quantitative estimate of drug-likeness (QED) is 0.474. The molecule has 3 amide bonds. The molecule has 214 valence electrons. The van der Waals surface area contributed by atoms with Crippen molar-refractivity contribution in [1.82, 2.24) is 14.5 Å². The first kappa shape index (κ1) is 28.0. The number of hydrogen-bond acceptors (Lipinski definition) is 7. The molecular formula is C29H28F2N4O6. The van der Waals surface area contributed by atoms with Crippen LogP contribution in [0.15, 0.2) is 53.5 Å². The zero-order valence-corrected chi connectivity index (χ0v) is 22.7. The van der Waals surface area contributed by atoms with E-state index in [0.29, 0.717) is 42.3 Å². The van der Waals surface area contributed by atoms with Gasteiger partial charge in [-0.3, -0.25) is 9.59 Å². The zero-order valence-electron chi connectivity index (χ0n) is 22.7. The van der Waals surface area contributed by atoms with E-state index in [4.69, 9.17) is 9.47 Å². The Morgan fingerprint density at radius 2 is 1.63 bits per heavy atom. The van der Waals surface area contributed by atoms with Gasteiger partial charge in [-0.15, -0.1) is 0 Å². The van der Waals surface area contributed by atoms with Gasteiger partial charge in [0, 0.05) is 18.7 Å². The van der Waals surface area contributed by atoms with Gasteiger partial charge in [-0.05, 0) is 63.2 Å². The molecule has 3 heterocycles. The first-order valence-electron chi connectivity index (χ1n) is 12.9. The summed E-state index contributed by atoms with van der Waals surface area (Å²) in [5.74, 6) is -2.85. The summed E-state index contributed by atoms with van der Waals surface area (Å²) in [6.07, 6.45) is -0.950. The lowest BCUT2D eigenvalue weighted by Crippen LogP contribution is -2.40. The zero-order chi connectivity index (χ0) is 29.5. The van der Waals surface area contributed by atoms with E-state index in [1.54, 1.807) is 49.9 Å². The lowest BCUT2D eigenvalue weighted by atomic mass is 10.1. The Bertz CT molecular complexity index is 1580. The van der Waals surface area contributed by atoms with Crippen molar-refractivity contribution in [2.45, 2.75) is 32.9 Å². The van der Waals surface area contributed by atoms with Gasteiger partial charge < -0.3 is 19.6 Å². The maximum atomic E-state index is 14.8. The van der Waals surface area contributed by atoms with Gasteiger partial charge in [-0.1, -0.05) is 6.07 Å². The lowest BCUT2D eigenvalue weighted by molar-refractivity contribution is 0.0241. The first-order chi connectivity index (χ1) is 19.4. The molecule has 0 spiro atoms. The molecule has 2 aromatic carbocycles. The molecule has 1 fully saturated rings. The van der Waals surface area contributed by atoms with Gasteiger partial charge in [-0.2, -0.15) is 4.73 Å². The molecule has 0 saturated carbocycles. The molecule has 0 unspecified atom stereocenters. The van der Waals surface area contributed by atoms with Crippen LogP contribution < -0.4 is 5.36 Å². The van der Waals surface area contributed by atoms with Crippen molar-refractivity contribution in [1.29, 1.82) is 0 Å². The Kier molecular flexibility index (Phi) is 7.35. The number of ether oxygens (including phenoxy) is 2. The topological polar surface area (TPSA) is 114 Å². The summed E-state index contributed by atoms with van der Waals surface area (Å²) < 4.78 is 40.7. The molecule has 0 bridgehead atoms. The molecule has 1 aromatic heterocycles. The van der Waals surface area contributed by atoms with E-state index in [1.165, 1.54) is 12.1 Å². The van der Waals surface area contributed by atoms with Crippen LogP contribution in [0.4, 0.5) is 19.3 Å². The number of pyridine rings is 1. The molecule has 0 atom stereocenters. The molecule has 12 heteroatoms. The number of carbonyl (C=O) groups is 3. The summed E-state index contributed by atoms with van der Waals surface area (Å²) in [7, 11) is 0. The van der Waals surface area contributed by atoms with Gasteiger partial charge in [0.05, 0.1) is 53.3 Å². The number of amides is 3. The van der Waals surface area contributed by atoms with Gasteiger partial charge >= 0.3 is 6.09 Å². The van der Waals surface area contributed by atoms with Crippen LogP contribution in [-0.4, -0.2) is 69.5 Å². The average Bonchev–Trinajstić information content (AvgIpc) is 3.28. The molecule has 41 heavy (non-hydrogen) atoms. The molecule has 0 radical (unpaired) electrons. The second-order valence-electron chi connectivity index (χ2n) is 10.6. The van der Waals surface area contributed by atoms with Gasteiger partial charge in [0.2, 0.25) is 0 Å². The number of carbonyl (C=O) groups excluding carboxylic acids is 3. The largest absolute Gasteiger partial charge is 0.443 e. The van der Waals surface area contributed by atoms with E-state index in [0.717, 1.165) is 17.0 Å². The van der Waals surface area contributed by atoms with Gasteiger partial charge in [-0.25, -0.2) is 23.5 Å². The summed E-state index contributed by atoms with van der Waals surface area (Å²) in [5.41, 5.74) is -1.23. The van der Waals surface area contributed by atoms with E-state index in [2.05, 4.69) is 4.99 Å². The summed E-state index contributed by atoms with van der Waals surface area (Å²) in [5, 5.41) is 11.0. The highest BCUT2D eigenvalue weighted by Crippen LogP contribution is 2.30. The lowest BCUT2D eigenvalue weighted by Gasteiger charge is -2.26. The number of aromatic nitrogens is 1. The summed E-state index contributed by atoms with van der Waals surface area (Å²) >= 11 is 0. The van der Waals surface area contributed by atoms with Crippen molar-refractivity contribution < 1.29 is 37.8 Å². The normalized spacial score (nSPS) is 15.7. The number of morpholine rings is 1. The number of hydrogen-bond donors (Lipinski definition) is 1. The van der Waals surface area contributed by atoms with Crippen LogP contribution in [-0.2, 0) is 16.0 Å². The molecular weight excluding hydrogens is 538 g/mol. The summed E-state index contributed by atoms with van der Waals surface area (Å²) in [6.45, 7) is 6.37. The number of imide groups is 1. The van der Waals surface area contributed by atoms with E-state index in [-0.39, 0.29) is 28.2 Å². The second-order valence-corrected chi connectivity index (χ2v) is 10.6. The van der Waals surface area contributed by atoms with Crippen LogP contribution in [0.2, 0.25) is 0 Å². The van der Waals surface area contributed by atoms with Crippen molar-refractivity contribution in [3.63, 3.8) is 0 Å².